The van der Waals surface area contributed by atoms with Crippen molar-refractivity contribution < 1.29 is 19.1 Å². The summed E-state index contributed by atoms with van der Waals surface area (Å²) in [5, 5.41) is 6.90. The number of methoxy groups -OCH3 is 1. The number of rotatable bonds is 6. The Morgan fingerprint density at radius 1 is 1.03 bits per heavy atom. The third-order valence-corrected chi connectivity index (χ3v) is 4.54. The molecule has 4 rings (SSSR count). The number of fused-ring (bicyclic) bond motifs is 1. The molecule has 0 aliphatic rings. The van der Waals surface area contributed by atoms with E-state index in [-0.39, 0.29) is 11.6 Å². The van der Waals surface area contributed by atoms with Crippen molar-refractivity contribution in [1.82, 2.24) is 19.6 Å². The highest BCUT2D eigenvalue weighted by atomic mass is 16.5. The molecule has 1 atom stereocenters. The summed E-state index contributed by atoms with van der Waals surface area (Å²) in [7, 11) is 1.56. The number of hydrogen-bond acceptors (Lipinski definition) is 7. The number of carbonyl (C=O) groups excluding carboxylic acids is 2. The Hall–Kier alpha value is -4.27. The van der Waals surface area contributed by atoms with Crippen molar-refractivity contribution in [2.75, 3.05) is 12.4 Å². The van der Waals surface area contributed by atoms with Gasteiger partial charge in [0.1, 0.15) is 5.75 Å². The van der Waals surface area contributed by atoms with Gasteiger partial charge in [-0.15, -0.1) is 5.10 Å². The molecule has 0 aliphatic heterocycles. The van der Waals surface area contributed by atoms with Gasteiger partial charge in [0.25, 0.3) is 17.5 Å². The molecule has 0 unspecified atom stereocenters. The molecular weight excluding hydrogens is 398 g/mol. The van der Waals surface area contributed by atoms with Gasteiger partial charge in [0.05, 0.1) is 7.11 Å². The third-order valence-electron chi connectivity index (χ3n) is 4.54. The monoisotopic (exact) mass is 417 g/mol. The van der Waals surface area contributed by atoms with Crippen LogP contribution in [-0.4, -0.2) is 38.6 Å². The van der Waals surface area contributed by atoms with Crippen molar-refractivity contribution >= 4 is 23.3 Å². The van der Waals surface area contributed by atoms with Crippen LogP contribution in [0.25, 0.3) is 5.78 Å². The molecule has 1 N–H and O–H groups in total. The molecule has 2 aromatic heterocycles. The molecule has 1 amide bonds. The van der Waals surface area contributed by atoms with E-state index in [0.717, 1.165) is 5.69 Å². The molecule has 2 heterocycles. The standard InChI is InChI=1S/C22H19N5O4/c1-14-12-13-23-22-25-19(26-27(14)22)21(29)31-18(15-6-4-3-5-7-15)20(28)24-16-8-10-17(30-2)11-9-16/h3-13,18H,1-2H3,(H,24,28)/t18-/m0/s1. The minimum atomic E-state index is -1.20. The molecule has 0 aliphatic carbocycles. The lowest BCUT2D eigenvalue weighted by molar-refractivity contribution is -0.125. The van der Waals surface area contributed by atoms with Crippen LogP contribution in [0.2, 0.25) is 0 Å². The second-order valence-electron chi connectivity index (χ2n) is 6.65. The fraction of sp³-hybridized carbons (Fsp3) is 0.136. The molecule has 2 aromatic carbocycles. The Morgan fingerprint density at radius 3 is 2.45 bits per heavy atom. The predicted molar refractivity (Wildman–Crippen MR) is 112 cm³/mol. The van der Waals surface area contributed by atoms with Crippen LogP contribution in [0.4, 0.5) is 5.69 Å². The van der Waals surface area contributed by atoms with Gasteiger partial charge < -0.3 is 14.8 Å². The Morgan fingerprint density at radius 2 is 1.77 bits per heavy atom. The second kappa shape index (κ2) is 8.62. The molecule has 0 spiro atoms. The van der Waals surface area contributed by atoms with E-state index in [1.165, 1.54) is 4.52 Å². The molecular formula is C22H19N5O4. The molecule has 9 heteroatoms. The molecule has 31 heavy (non-hydrogen) atoms. The highest BCUT2D eigenvalue weighted by Gasteiger charge is 2.28. The van der Waals surface area contributed by atoms with Gasteiger partial charge in [0.2, 0.25) is 6.10 Å². The number of hydrogen-bond donors (Lipinski definition) is 1. The lowest BCUT2D eigenvalue weighted by atomic mass is 10.1. The van der Waals surface area contributed by atoms with E-state index >= 15 is 0 Å². The predicted octanol–water partition coefficient (Wildman–Crippen LogP) is 2.98. The lowest BCUT2D eigenvalue weighted by Crippen LogP contribution is -2.26. The molecule has 4 aromatic rings. The quantitative estimate of drug-likeness (QED) is 0.481. The topological polar surface area (TPSA) is 108 Å². The fourth-order valence-corrected chi connectivity index (χ4v) is 2.94. The van der Waals surface area contributed by atoms with E-state index in [1.54, 1.807) is 67.9 Å². The van der Waals surface area contributed by atoms with Crippen molar-refractivity contribution in [3.8, 4) is 5.75 Å². The summed E-state index contributed by atoms with van der Waals surface area (Å²) in [5.74, 6) is -0.594. The van der Waals surface area contributed by atoms with Crippen molar-refractivity contribution in [2.24, 2.45) is 0 Å². The van der Waals surface area contributed by atoms with Crippen LogP contribution in [-0.2, 0) is 9.53 Å². The van der Waals surface area contributed by atoms with Crippen LogP contribution in [0.15, 0.2) is 66.9 Å². The Kier molecular flexibility index (Phi) is 5.57. The summed E-state index contributed by atoms with van der Waals surface area (Å²) in [5.41, 5.74) is 1.81. The zero-order valence-corrected chi connectivity index (χ0v) is 16.9. The van der Waals surface area contributed by atoms with Gasteiger partial charge in [-0.05, 0) is 37.3 Å². The minimum absolute atomic E-state index is 0.181. The summed E-state index contributed by atoms with van der Waals surface area (Å²) in [6.45, 7) is 1.81. The minimum Gasteiger partial charge on any atom is -0.497 e. The van der Waals surface area contributed by atoms with Gasteiger partial charge in [-0.3, -0.25) is 4.79 Å². The SMILES string of the molecule is COc1ccc(NC(=O)[C@@H](OC(=O)c2nc3nccc(C)n3n2)c2ccccc2)cc1. The highest BCUT2D eigenvalue weighted by molar-refractivity contribution is 5.97. The number of nitrogens with zero attached hydrogens (tertiary/aromatic N) is 4. The smallest absolute Gasteiger partial charge is 0.379 e. The first-order valence-electron chi connectivity index (χ1n) is 9.44. The first kappa shape index (κ1) is 20.0. The van der Waals surface area contributed by atoms with Gasteiger partial charge in [0, 0.05) is 23.1 Å². The van der Waals surface area contributed by atoms with Crippen molar-refractivity contribution in [3.05, 3.63) is 83.9 Å². The zero-order valence-electron chi connectivity index (χ0n) is 16.9. The molecule has 0 bridgehead atoms. The maximum atomic E-state index is 13.0. The van der Waals surface area contributed by atoms with Crippen LogP contribution < -0.4 is 10.1 Å². The third kappa shape index (κ3) is 4.35. The van der Waals surface area contributed by atoms with Gasteiger partial charge >= 0.3 is 5.97 Å². The first-order valence-corrected chi connectivity index (χ1v) is 9.44. The van der Waals surface area contributed by atoms with Crippen molar-refractivity contribution in [1.29, 1.82) is 0 Å². The number of nitrogens with one attached hydrogen (secondary N) is 1. The molecule has 9 nitrogen and oxygen atoms in total. The Bertz CT molecular complexity index is 1220. The number of carbonyl (C=O) groups is 2. The number of amides is 1. The first-order chi connectivity index (χ1) is 15.0. The summed E-state index contributed by atoms with van der Waals surface area (Å²) >= 11 is 0. The number of aryl methyl sites for hydroxylation is 1. The molecule has 0 radical (unpaired) electrons. The van der Waals surface area contributed by atoms with Gasteiger partial charge in [-0.25, -0.2) is 14.3 Å². The lowest BCUT2D eigenvalue weighted by Gasteiger charge is -2.17. The van der Waals surface area contributed by atoms with Gasteiger partial charge in [-0.2, -0.15) is 4.98 Å². The normalized spacial score (nSPS) is 11.7. The van der Waals surface area contributed by atoms with Crippen molar-refractivity contribution in [2.45, 2.75) is 13.0 Å². The number of ether oxygens (including phenoxy) is 2. The average molecular weight is 417 g/mol. The number of benzene rings is 2. The number of anilines is 1. The summed E-state index contributed by atoms with van der Waals surface area (Å²) in [6.07, 6.45) is 0.375. The van der Waals surface area contributed by atoms with E-state index in [0.29, 0.717) is 17.0 Å². The average Bonchev–Trinajstić information content (AvgIpc) is 3.24. The van der Waals surface area contributed by atoms with Crippen LogP contribution in [0.3, 0.4) is 0 Å². The van der Waals surface area contributed by atoms with Gasteiger partial charge in [0.15, 0.2) is 0 Å². The largest absolute Gasteiger partial charge is 0.497 e. The summed E-state index contributed by atoms with van der Waals surface area (Å²) in [6, 6.07) is 17.3. The van der Waals surface area contributed by atoms with Crippen LogP contribution >= 0.6 is 0 Å². The molecule has 0 saturated heterocycles. The molecule has 0 fully saturated rings. The fourth-order valence-electron chi connectivity index (χ4n) is 2.94. The summed E-state index contributed by atoms with van der Waals surface area (Å²) < 4.78 is 12.1. The maximum Gasteiger partial charge on any atom is 0.379 e. The summed E-state index contributed by atoms with van der Waals surface area (Å²) in [4.78, 5) is 33.9. The van der Waals surface area contributed by atoms with E-state index in [1.807, 2.05) is 13.0 Å². The number of aromatic nitrogens is 4. The Labute approximate surface area is 177 Å². The molecule has 0 saturated carbocycles. The van der Waals surface area contributed by atoms with E-state index in [9.17, 15) is 9.59 Å². The van der Waals surface area contributed by atoms with Crippen molar-refractivity contribution in [3.63, 3.8) is 0 Å². The molecule has 156 valence electrons. The van der Waals surface area contributed by atoms with Crippen LogP contribution in [0.1, 0.15) is 28.0 Å². The zero-order chi connectivity index (χ0) is 21.8. The van der Waals surface area contributed by atoms with E-state index in [2.05, 4.69) is 20.4 Å². The maximum absolute atomic E-state index is 13.0. The van der Waals surface area contributed by atoms with Crippen LogP contribution in [0.5, 0.6) is 5.75 Å². The van der Waals surface area contributed by atoms with Crippen LogP contribution in [0, 0.1) is 6.92 Å². The van der Waals surface area contributed by atoms with E-state index in [4.69, 9.17) is 9.47 Å². The Balaban J connectivity index is 1.59. The van der Waals surface area contributed by atoms with E-state index < -0.39 is 18.0 Å². The van der Waals surface area contributed by atoms with Gasteiger partial charge in [-0.1, -0.05) is 30.3 Å². The number of esters is 1. The highest BCUT2D eigenvalue weighted by Crippen LogP contribution is 2.22. The second-order valence-corrected chi connectivity index (χ2v) is 6.65.